The number of nitrogens with zero attached hydrogens (tertiary/aromatic N) is 6. The molecule has 3 aromatic heterocycles. The predicted octanol–water partition coefficient (Wildman–Crippen LogP) is 2.81. The number of pyridine rings is 1. The summed E-state index contributed by atoms with van der Waals surface area (Å²) in [4.78, 5) is 28.0. The molecule has 2 atom stereocenters. The summed E-state index contributed by atoms with van der Waals surface area (Å²) in [5, 5.41) is 8.39. The molecule has 3 aromatic rings. The van der Waals surface area contributed by atoms with Crippen LogP contribution in [0.15, 0.2) is 24.5 Å². The molecule has 1 aliphatic carbocycles. The lowest BCUT2D eigenvalue weighted by molar-refractivity contribution is -0.121. The molecule has 2 bridgehead atoms. The second kappa shape index (κ2) is 6.00. The molecule has 8 nitrogen and oxygen atoms in total. The SMILES string of the molecule is CCn1ncc(Nc2ncc3ccc(N4C(=O)[C@H]5CC[C@@H]4C5)nc3n2)c1C. The van der Waals surface area contributed by atoms with Crippen molar-refractivity contribution in [1.82, 2.24) is 24.7 Å². The summed E-state index contributed by atoms with van der Waals surface area (Å²) >= 11 is 0. The van der Waals surface area contributed by atoms with Crippen LogP contribution in [0.25, 0.3) is 11.0 Å². The molecule has 8 heteroatoms. The van der Waals surface area contributed by atoms with Gasteiger partial charge in [0.2, 0.25) is 11.9 Å². The summed E-state index contributed by atoms with van der Waals surface area (Å²) in [6, 6.07) is 4.11. The Bertz CT molecular complexity index is 1040. The van der Waals surface area contributed by atoms with Crippen molar-refractivity contribution >= 4 is 34.4 Å². The molecule has 4 heterocycles. The Labute approximate surface area is 156 Å². The molecule has 1 N–H and O–H groups in total. The van der Waals surface area contributed by atoms with Crippen molar-refractivity contribution < 1.29 is 4.79 Å². The molecule has 5 rings (SSSR count). The first-order valence-corrected chi connectivity index (χ1v) is 9.40. The number of piperidine rings is 1. The van der Waals surface area contributed by atoms with E-state index in [2.05, 4.69) is 25.4 Å². The van der Waals surface area contributed by atoms with Gasteiger partial charge in [-0.1, -0.05) is 0 Å². The Balaban J connectivity index is 1.47. The van der Waals surface area contributed by atoms with Crippen molar-refractivity contribution in [2.75, 3.05) is 10.2 Å². The van der Waals surface area contributed by atoms with Crippen molar-refractivity contribution in [3.05, 3.63) is 30.2 Å². The number of fused-ring (bicyclic) bond motifs is 3. The van der Waals surface area contributed by atoms with Crippen LogP contribution >= 0.6 is 0 Å². The van der Waals surface area contributed by atoms with E-state index >= 15 is 0 Å². The average molecular weight is 363 g/mol. The maximum Gasteiger partial charge on any atom is 0.231 e. The van der Waals surface area contributed by atoms with E-state index < -0.39 is 0 Å². The Hall–Kier alpha value is -3.03. The van der Waals surface area contributed by atoms with Gasteiger partial charge in [0.25, 0.3) is 0 Å². The molecule has 27 heavy (non-hydrogen) atoms. The van der Waals surface area contributed by atoms with Gasteiger partial charge in [0, 0.05) is 30.1 Å². The number of rotatable bonds is 4. The molecule has 2 fully saturated rings. The zero-order valence-electron chi connectivity index (χ0n) is 15.4. The smallest absolute Gasteiger partial charge is 0.231 e. The molecule has 0 aromatic carbocycles. The normalized spacial score (nSPS) is 21.4. The van der Waals surface area contributed by atoms with Crippen molar-refractivity contribution in [3.63, 3.8) is 0 Å². The topological polar surface area (TPSA) is 88.8 Å². The second-order valence-corrected chi connectivity index (χ2v) is 7.23. The maximum absolute atomic E-state index is 12.5. The largest absolute Gasteiger partial charge is 0.321 e. The van der Waals surface area contributed by atoms with Gasteiger partial charge in [-0.3, -0.25) is 14.4 Å². The fraction of sp³-hybridized carbons (Fsp3) is 0.421. The quantitative estimate of drug-likeness (QED) is 0.767. The summed E-state index contributed by atoms with van der Waals surface area (Å²) in [5.41, 5.74) is 2.49. The number of amides is 1. The molecule has 1 aliphatic heterocycles. The van der Waals surface area contributed by atoms with Crippen LogP contribution in [0.5, 0.6) is 0 Å². The third-order valence-electron chi connectivity index (χ3n) is 5.68. The highest BCUT2D eigenvalue weighted by atomic mass is 16.2. The fourth-order valence-corrected chi connectivity index (χ4v) is 4.20. The molecule has 0 radical (unpaired) electrons. The summed E-state index contributed by atoms with van der Waals surface area (Å²) in [6.45, 7) is 4.86. The van der Waals surface area contributed by atoms with Crippen molar-refractivity contribution in [2.45, 2.75) is 45.7 Å². The molecule has 2 aliphatic rings. The van der Waals surface area contributed by atoms with E-state index in [4.69, 9.17) is 0 Å². The number of hydrogen-bond donors (Lipinski definition) is 1. The third-order valence-corrected chi connectivity index (χ3v) is 5.68. The summed E-state index contributed by atoms with van der Waals surface area (Å²) in [7, 11) is 0. The van der Waals surface area contributed by atoms with Gasteiger partial charge in [-0.2, -0.15) is 10.1 Å². The van der Waals surface area contributed by atoms with Gasteiger partial charge in [-0.05, 0) is 45.2 Å². The number of anilines is 3. The van der Waals surface area contributed by atoms with E-state index in [1.165, 1.54) is 0 Å². The lowest BCUT2D eigenvalue weighted by Gasteiger charge is -2.26. The van der Waals surface area contributed by atoms with Crippen LogP contribution in [0.4, 0.5) is 17.5 Å². The maximum atomic E-state index is 12.5. The fourth-order valence-electron chi connectivity index (χ4n) is 4.20. The number of carbonyl (C=O) groups excluding carboxylic acids is 1. The average Bonchev–Trinajstić information content (AvgIpc) is 3.37. The van der Waals surface area contributed by atoms with Gasteiger partial charge in [-0.25, -0.2) is 9.97 Å². The van der Waals surface area contributed by atoms with Gasteiger partial charge in [0.05, 0.1) is 17.6 Å². The van der Waals surface area contributed by atoms with Crippen molar-refractivity contribution in [3.8, 4) is 0 Å². The van der Waals surface area contributed by atoms with Crippen LogP contribution in [0.2, 0.25) is 0 Å². The summed E-state index contributed by atoms with van der Waals surface area (Å²) in [6.07, 6.45) is 6.55. The highest BCUT2D eigenvalue weighted by Crippen LogP contribution is 2.40. The Kier molecular flexibility index (Phi) is 3.60. The van der Waals surface area contributed by atoms with Gasteiger partial charge < -0.3 is 5.32 Å². The molecule has 0 spiro atoms. The molecule has 1 saturated heterocycles. The molecular formula is C19H21N7O. The van der Waals surface area contributed by atoms with E-state index in [-0.39, 0.29) is 17.9 Å². The van der Waals surface area contributed by atoms with Crippen LogP contribution in [0.1, 0.15) is 31.9 Å². The minimum atomic E-state index is 0.174. The summed E-state index contributed by atoms with van der Waals surface area (Å²) < 4.78 is 1.91. The van der Waals surface area contributed by atoms with Crippen LogP contribution in [0.3, 0.4) is 0 Å². The number of aryl methyl sites for hydroxylation is 1. The van der Waals surface area contributed by atoms with Gasteiger partial charge in [0.1, 0.15) is 5.82 Å². The van der Waals surface area contributed by atoms with E-state index in [0.717, 1.165) is 42.6 Å². The number of aromatic nitrogens is 5. The minimum Gasteiger partial charge on any atom is -0.321 e. The highest BCUT2D eigenvalue weighted by Gasteiger charge is 2.45. The zero-order chi connectivity index (χ0) is 18.5. The molecular weight excluding hydrogens is 342 g/mol. The number of hydrogen-bond acceptors (Lipinski definition) is 6. The van der Waals surface area contributed by atoms with Crippen LogP contribution in [-0.4, -0.2) is 36.7 Å². The highest BCUT2D eigenvalue weighted by molar-refractivity contribution is 5.98. The minimum absolute atomic E-state index is 0.174. The van der Waals surface area contributed by atoms with Crippen LogP contribution in [0, 0.1) is 12.8 Å². The van der Waals surface area contributed by atoms with Crippen LogP contribution in [-0.2, 0) is 11.3 Å². The monoisotopic (exact) mass is 363 g/mol. The van der Waals surface area contributed by atoms with E-state index in [1.807, 2.05) is 35.6 Å². The van der Waals surface area contributed by atoms with Crippen LogP contribution < -0.4 is 10.2 Å². The van der Waals surface area contributed by atoms with Gasteiger partial charge in [-0.15, -0.1) is 0 Å². The predicted molar refractivity (Wildman–Crippen MR) is 102 cm³/mol. The summed E-state index contributed by atoms with van der Waals surface area (Å²) in [5.74, 6) is 1.54. The van der Waals surface area contributed by atoms with E-state index in [9.17, 15) is 4.79 Å². The van der Waals surface area contributed by atoms with Crippen molar-refractivity contribution in [1.29, 1.82) is 0 Å². The molecule has 1 amide bonds. The molecule has 1 saturated carbocycles. The van der Waals surface area contributed by atoms with Gasteiger partial charge >= 0.3 is 0 Å². The van der Waals surface area contributed by atoms with Crippen molar-refractivity contribution in [2.24, 2.45) is 5.92 Å². The number of carbonyl (C=O) groups is 1. The third kappa shape index (κ3) is 2.55. The number of nitrogens with one attached hydrogen (secondary N) is 1. The Morgan fingerprint density at radius 3 is 2.85 bits per heavy atom. The lowest BCUT2D eigenvalue weighted by atomic mass is 10.1. The molecule has 138 valence electrons. The first-order chi connectivity index (χ1) is 13.1. The zero-order valence-corrected chi connectivity index (χ0v) is 15.4. The first kappa shape index (κ1) is 16.2. The second-order valence-electron chi connectivity index (χ2n) is 7.23. The lowest BCUT2D eigenvalue weighted by Crippen LogP contribution is -2.37. The first-order valence-electron chi connectivity index (χ1n) is 9.40. The van der Waals surface area contributed by atoms with E-state index in [1.54, 1.807) is 12.4 Å². The molecule has 0 unspecified atom stereocenters. The standard InChI is InChI=1S/C19H21N7O/c1-3-25-11(2)15(10-21-25)22-19-20-9-13-5-7-16(23-17(13)24-19)26-14-6-4-12(8-14)18(26)27/h5,7,9-10,12,14H,3-4,6,8H2,1-2H3,(H,20,22,23,24)/t12-,14+/m0/s1. The van der Waals surface area contributed by atoms with Gasteiger partial charge in [0.15, 0.2) is 5.65 Å². The Morgan fingerprint density at radius 1 is 1.22 bits per heavy atom. The van der Waals surface area contributed by atoms with E-state index in [0.29, 0.717) is 17.4 Å². The Morgan fingerprint density at radius 2 is 2.11 bits per heavy atom.